The Morgan fingerprint density at radius 1 is 1.14 bits per heavy atom. The smallest absolute Gasteiger partial charge is 0.228 e. The van der Waals surface area contributed by atoms with Crippen LogP contribution in [-0.4, -0.2) is 77.5 Å². The predicted octanol–water partition coefficient (Wildman–Crippen LogP) is 4.64. The van der Waals surface area contributed by atoms with Crippen molar-refractivity contribution >= 4 is 34.9 Å². The number of nitrogens with zero attached hydrogens (tertiary/aromatic N) is 4. The molecule has 10 heteroatoms. The first-order chi connectivity index (χ1) is 17.2. The van der Waals surface area contributed by atoms with Gasteiger partial charge in [-0.1, -0.05) is 36.2 Å². The molecule has 1 fully saturated rings. The summed E-state index contributed by atoms with van der Waals surface area (Å²) in [4.78, 5) is 26.6. The van der Waals surface area contributed by atoms with Gasteiger partial charge in [0.2, 0.25) is 5.91 Å². The van der Waals surface area contributed by atoms with Crippen molar-refractivity contribution in [2.75, 3.05) is 51.1 Å². The average molecular weight is 538 g/mol. The van der Waals surface area contributed by atoms with Crippen molar-refractivity contribution in [2.45, 2.75) is 51.2 Å². The Labute approximate surface area is 222 Å². The second-order valence-corrected chi connectivity index (χ2v) is 10.8. The lowest BCUT2D eigenvalue weighted by molar-refractivity contribution is -0.123. The fraction of sp³-hybridized carbons (Fsp3) is 0.577. The largest absolute Gasteiger partial charge is 0.368 e. The van der Waals surface area contributed by atoms with Gasteiger partial charge < -0.3 is 10.6 Å². The van der Waals surface area contributed by atoms with Gasteiger partial charge in [0.1, 0.15) is 18.3 Å². The van der Waals surface area contributed by atoms with Gasteiger partial charge in [0.15, 0.2) is 0 Å². The molecule has 1 amide bonds. The number of alkyl halides is 1. The molecule has 1 aliphatic carbocycles. The van der Waals surface area contributed by atoms with E-state index >= 15 is 0 Å². The summed E-state index contributed by atoms with van der Waals surface area (Å²) in [5, 5.41) is 7.22. The van der Waals surface area contributed by atoms with Gasteiger partial charge in [0.05, 0.1) is 21.7 Å². The SMILES string of the molecule is CC(C)N1CCN(C[C@@H](C(=O)NCCNc2ncnc3c2[C@H](C)C[C@H]3F)c2ccc(Cl)c(Cl)c2)CC1. The van der Waals surface area contributed by atoms with Crippen molar-refractivity contribution in [1.82, 2.24) is 25.1 Å². The highest BCUT2D eigenvalue weighted by atomic mass is 35.5. The van der Waals surface area contributed by atoms with E-state index in [0.29, 0.717) is 53.7 Å². The highest BCUT2D eigenvalue weighted by Crippen LogP contribution is 2.43. The number of amides is 1. The van der Waals surface area contributed by atoms with E-state index in [0.717, 1.165) is 37.3 Å². The molecule has 4 rings (SSSR count). The summed E-state index contributed by atoms with van der Waals surface area (Å²) < 4.78 is 14.2. The zero-order valence-corrected chi connectivity index (χ0v) is 22.6. The first-order valence-corrected chi connectivity index (χ1v) is 13.4. The molecule has 196 valence electrons. The van der Waals surface area contributed by atoms with Crippen LogP contribution in [0.1, 0.15) is 62.0 Å². The van der Waals surface area contributed by atoms with Crippen molar-refractivity contribution in [3.8, 4) is 0 Å². The number of anilines is 1. The van der Waals surface area contributed by atoms with Crippen LogP contribution in [0.5, 0.6) is 0 Å². The molecule has 1 aliphatic heterocycles. The Bertz CT molecular complexity index is 1060. The summed E-state index contributed by atoms with van der Waals surface area (Å²) in [7, 11) is 0. The van der Waals surface area contributed by atoms with Gasteiger partial charge in [-0.2, -0.15) is 0 Å². The Balaban J connectivity index is 1.38. The number of rotatable bonds is 9. The molecule has 36 heavy (non-hydrogen) atoms. The molecule has 3 atom stereocenters. The Hall–Kier alpha value is -2.00. The summed E-state index contributed by atoms with van der Waals surface area (Å²) >= 11 is 12.4. The summed E-state index contributed by atoms with van der Waals surface area (Å²) in [6, 6.07) is 5.92. The quantitative estimate of drug-likeness (QED) is 0.455. The third-order valence-electron chi connectivity index (χ3n) is 7.22. The van der Waals surface area contributed by atoms with Crippen LogP contribution < -0.4 is 10.6 Å². The standard InChI is InChI=1S/C26H35Cl2FN6O/c1-16(2)35-10-8-34(9-11-35)14-19(18-4-5-20(27)21(28)13-18)26(36)31-7-6-30-25-23-17(3)12-22(29)24(23)32-15-33-25/h4-5,13,15-17,19,22H,6-12,14H2,1-3H3,(H,31,36)(H,30,32,33)/t17-,19-,22-/m1/s1. The van der Waals surface area contributed by atoms with Gasteiger partial charge in [-0.3, -0.25) is 14.6 Å². The number of fused-ring (bicyclic) bond motifs is 1. The zero-order valence-electron chi connectivity index (χ0n) is 21.1. The Morgan fingerprint density at radius 3 is 2.58 bits per heavy atom. The van der Waals surface area contributed by atoms with Crippen LogP contribution >= 0.6 is 23.2 Å². The van der Waals surface area contributed by atoms with Crippen LogP contribution in [0.2, 0.25) is 10.0 Å². The minimum Gasteiger partial charge on any atom is -0.368 e. The molecule has 2 aromatic rings. The van der Waals surface area contributed by atoms with Gasteiger partial charge >= 0.3 is 0 Å². The van der Waals surface area contributed by atoms with Crippen molar-refractivity contribution in [2.24, 2.45) is 0 Å². The zero-order chi connectivity index (χ0) is 25.8. The molecule has 1 aromatic heterocycles. The van der Waals surface area contributed by atoms with E-state index in [1.165, 1.54) is 6.33 Å². The van der Waals surface area contributed by atoms with E-state index < -0.39 is 6.17 Å². The molecular weight excluding hydrogens is 502 g/mol. The summed E-state index contributed by atoms with van der Waals surface area (Å²) in [5.74, 6) is 0.266. The minimum absolute atomic E-state index is 0.0588. The highest BCUT2D eigenvalue weighted by Gasteiger charge is 2.32. The van der Waals surface area contributed by atoms with Crippen LogP contribution in [0.4, 0.5) is 10.2 Å². The van der Waals surface area contributed by atoms with Crippen LogP contribution in [0.25, 0.3) is 0 Å². The Morgan fingerprint density at radius 2 is 1.89 bits per heavy atom. The first kappa shape index (κ1) is 27.0. The highest BCUT2D eigenvalue weighted by molar-refractivity contribution is 6.42. The number of hydrogen-bond acceptors (Lipinski definition) is 6. The molecule has 0 unspecified atom stereocenters. The second kappa shape index (κ2) is 12.0. The van der Waals surface area contributed by atoms with Gasteiger partial charge in [0, 0.05) is 57.4 Å². The van der Waals surface area contributed by atoms with Crippen LogP contribution in [0.3, 0.4) is 0 Å². The predicted molar refractivity (Wildman–Crippen MR) is 143 cm³/mol. The maximum atomic E-state index is 14.2. The lowest BCUT2D eigenvalue weighted by Gasteiger charge is -2.38. The number of piperazine rings is 1. The maximum Gasteiger partial charge on any atom is 0.228 e. The molecule has 2 N–H and O–H groups in total. The molecule has 0 spiro atoms. The third kappa shape index (κ3) is 6.28. The topological polar surface area (TPSA) is 73.4 Å². The average Bonchev–Trinajstić information content (AvgIpc) is 3.16. The van der Waals surface area contributed by atoms with E-state index in [1.807, 2.05) is 13.0 Å². The molecular formula is C26H35Cl2FN6O. The number of hydrogen-bond donors (Lipinski definition) is 2. The lowest BCUT2D eigenvalue weighted by Crippen LogP contribution is -2.50. The van der Waals surface area contributed by atoms with Crippen molar-refractivity contribution < 1.29 is 9.18 Å². The van der Waals surface area contributed by atoms with E-state index in [4.69, 9.17) is 23.2 Å². The van der Waals surface area contributed by atoms with E-state index in [2.05, 4.69) is 44.2 Å². The van der Waals surface area contributed by atoms with Gasteiger partial charge in [-0.15, -0.1) is 0 Å². The van der Waals surface area contributed by atoms with E-state index in [1.54, 1.807) is 12.1 Å². The number of carbonyl (C=O) groups excluding carboxylic acids is 1. The first-order valence-electron chi connectivity index (χ1n) is 12.7. The summed E-state index contributed by atoms with van der Waals surface area (Å²) in [5.41, 5.74) is 2.16. The molecule has 1 saturated heterocycles. The molecule has 1 aromatic carbocycles. The monoisotopic (exact) mass is 536 g/mol. The number of halogens is 3. The Kier molecular flexibility index (Phi) is 9.04. The van der Waals surface area contributed by atoms with E-state index in [-0.39, 0.29) is 17.7 Å². The normalized spacial score (nSPS) is 21.4. The van der Waals surface area contributed by atoms with Crippen molar-refractivity contribution in [1.29, 1.82) is 0 Å². The third-order valence-corrected chi connectivity index (χ3v) is 7.96. The molecule has 2 heterocycles. The summed E-state index contributed by atoms with van der Waals surface area (Å²) in [6.07, 6.45) is 0.771. The fourth-order valence-electron chi connectivity index (χ4n) is 5.10. The van der Waals surface area contributed by atoms with Gasteiger partial charge in [0.25, 0.3) is 0 Å². The molecule has 2 aliphatic rings. The molecule has 0 saturated carbocycles. The summed E-state index contributed by atoms with van der Waals surface area (Å²) in [6.45, 7) is 11.7. The fourth-order valence-corrected chi connectivity index (χ4v) is 5.41. The number of benzene rings is 1. The molecule has 0 radical (unpaired) electrons. The minimum atomic E-state index is -1.05. The van der Waals surface area contributed by atoms with Gasteiger partial charge in [-0.05, 0) is 43.9 Å². The van der Waals surface area contributed by atoms with Crippen LogP contribution in [-0.2, 0) is 4.79 Å². The maximum absolute atomic E-state index is 14.2. The van der Waals surface area contributed by atoms with Crippen molar-refractivity contribution in [3.63, 3.8) is 0 Å². The van der Waals surface area contributed by atoms with Crippen LogP contribution in [0, 0.1) is 0 Å². The van der Waals surface area contributed by atoms with E-state index in [9.17, 15) is 9.18 Å². The van der Waals surface area contributed by atoms with Crippen LogP contribution in [0.15, 0.2) is 24.5 Å². The molecule has 0 bridgehead atoms. The lowest BCUT2D eigenvalue weighted by atomic mass is 9.97. The number of nitrogens with one attached hydrogen (secondary N) is 2. The number of carbonyl (C=O) groups is 1. The second-order valence-electron chi connectivity index (χ2n) is 10.00. The number of aromatic nitrogens is 2. The van der Waals surface area contributed by atoms with Gasteiger partial charge in [-0.25, -0.2) is 14.4 Å². The molecule has 7 nitrogen and oxygen atoms in total. The van der Waals surface area contributed by atoms with Crippen molar-refractivity contribution in [3.05, 3.63) is 51.4 Å².